The highest BCUT2D eigenvalue weighted by Gasteiger charge is 2.17. The highest BCUT2D eigenvalue weighted by molar-refractivity contribution is 7.99. The first kappa shape index (κ1) is 24.3. The molecule has 176 valence electrons. The first-order chi connectivity index (χ1) is 16.4. The van der Waals surface area contributed by atoms with Crippen molar-refractivity contribution in [3.8, 4) is 5.75 Å². The van der Waals surface area contributed by atoms with Crippen LogP contribution in [0.5, 0.6) is 5.75 Å². The zero-order valence-electron chi connectivity index (χ0n) is 18.5. The van der Waals surface area contributed by atoms with Gasteiger partial charge >= 0.3 is 0 Å². The molecule has 1 atom stereocenters. The molecule has 0 bridgehead atoms. The molecule has 1 aromatic carbocycles. The van der Waals surface area contributed by atoms with Crippen LogP contribution >= 0.6 is 35.0 Å². The number of rotatable bonds is 7. The second-order valence-electron chi connectivity index (χ2n) is 7.69. The molecule has 1 aliphatic rings. The Balaban J connectivity index is 1.46. The third kappa shape index (κ3) is 5.81. The Morgan fingerprint density at radius 2 is 1.88 bits per heavy atom. The standard InChI is InChI=1S/C24H24Cl2N6OS/c1-15(24-19(25)13-29-14-20(24)26)33-17-4-6-22(28)18(12-17)21(27)5-2-16-3-7-23(31-30-16)32-8-10-34-11-9-32/h2-7,12-15,27H,8-11,28H2,1H3/b5-2+,27-21?. The lowest BCUT2D eigenvalue weighted by molar-refractivity contribution is 0.227. The van der Waals surface area contributed by atoms with Crippen molar-refractivity contribution in [2.45, 2.75) is 13.0 Å². The van der Waals surface area contributed by atoms with Crippen molar-refractivity contribution >= 4 is 58.3 Å². The number of nitrogens with zero attached hydrogens (tertiary/aromatic N) is 4. The maximum Gasteiger partial charge on any atom is 0.151 e. The van der Waals surface area contributed by atoms with Gasteiger partial charge in [0.25, 0.3) is 0 Å². The van der Waals surface area contributed by atoms with Gasteiger partial charge in [-0.05, 0) is 49.4 Å². The zero-order valence-corrected chi connectivity index (χ0v) is 20.9. The Hall–Kier alpha value is -2.81. The summed E-state index contributed by atoms with van der Waals surface area (Å²) < 4.78 is 6.04. The number of allylic oxidation sites excluding steroid dienone is 1. The molecule has 0 aliphatic carbocycles. The van der Waals surface area contributed by atoms with E-state index < -0.39 is 6.10 Å². The molecule has 1 aliphatic heterocycles. The number of hydrogen-bond acceptors (Lipinski definition) is 8. The lowest BCUT2D eigenvalue weighted by atomic mass is 10.1. The second-order valence-corrected chi connectivity index (χ2v) is 9.73. The summed E-state index contributed by atoms with van der Waals surface area (Å²) in [5.74, 6) is 3.63. The predicted octanol–water partition coefficient (Wildman–Crippen LogP) is 5.54. The SMILES string of the molecule is CC(Oc1ccc(N)c(C(=N)/C=C/c2ccc(N3CCSCC3)nn2)c1)c1c(Cl)cncc1Cl. The van der Waals surface area contributed by atoms with Crippen molar-refractivity contribution in [1.82, 2.24) is 15.2 Å². The molecular formula is C24H24Cl2N6OS. The van der Waals surface area contributed by atoms with Crippen LogP contribution in [0.4, 0.5) is 11.5 Å². The first-order valence-electron chi connectivity index (χ1n) is 10.7. The highest BCUT2D eigenvalue weighted by atomic mass is 35.5. The minimum absolute atomic E-state index is 0.231. The molecule has 4 rings (SSSR count). The number of nitrogens with one attached hydrogen (secondary N) is 1. The number of pyridine rings is 1. The second kappa shape index (κ2) is 11.1. The fourth-order valence-electron chi connectivity index (χ4n) is 3.56. The first-order valence-corrected chi connectivity index (χ1v) is 12.6. The molecule has 10 heteroatoms. The number of benzene rings is 1. The van der Waals surface area contributed by atoms with E-state index in [0.29, 0.717) is 38.3 Å². The summed E-state index contributed by atoms with van der Waals surface area (Å²) in [5, 5.41) is 18.0. The van der Waals surface area contributed by atoms with Gasteiger partial charge in [-0.3, -0.25) is 4.98 Å². The maximum atomic E-state index is 8.50. The van der Waals surface area contributed by atoms with Gasteiger partial charge in [0.2, 0.25) is 0 Å². The number of ether oxygens (including phenoxy) is 1. The molecule has 1 unspecified atom stereocenters. The van der Waals surface area contributed by atoms with Crippen molar-refractivity contribution in [2.75, 3.05) is 35.2 Å². The van der Waals surface area contributed by atoms with Gasteiger partial charge < -0.3 is 20.8 Å². The molecule has 0 amide bonds. The van der Waals surface area contributed by atoms with Crippen LogP contribution in [0.1, 0.15) is 29.8 Å². The van der Waals surface area contributed by atoms with E-state index in [-0.39, 0.29) is 5.71 Å². The van der Waals surface area contributed by atoms with Crippen molar-refractivity contribution in [2.24, 2.45) is 0 Å². The normalized spacial score (nSPS) is 14.9. The van der Waals surface area contributed by atoms with Crippen LogP contribution in [0.3, 0.4) is 0 Å². The number of nitrogens with two attached hydrogens (primary N) is 1. The quantitative estimate of drug-likeness (QED) is 0.315. The van der Waals surface area contributed by atoms with Crippen LogP contribution in [0.25, 0.3) is 6.08 Å². The molecule has 1 fully saturated rings. The van der Waals surface area contributed by atoms with Gasteiger partial charge in [-0.25, -0.2) is 0 Å². The van der Waals surface area contributed by atoms with Crippen molar-refractivity contribution in [3.63, 3.8) is 0 Å². The van der Waals surface area contributed by atoms with E-state index in [4.69, 9.17) is 39.1 Å². The summed E-state index contributed by atoms with van der Waals surface area (Å²) in [5.41, 5.74) is 8.70. The lowest BCUT2D eigenvalue weighted by Gasteiger charge is -2.26. The number of thioether (sulfide) groups is 1. The number of anilines is 2. The van der Waals surface area contributed by atoms with Gasteiger partial charge in [0.05, 0.1) is 21.5 Å². The summed E-state index contributed by atoms with van der Waals surface area (Å²) in [6.07, 6.45) is 6.03. The molecule has 34 heavy (non-hydrogen) atoms. The fraction of sp³-hybridized carbons (Fsp3) is 0.250. The minimum Gasteiger partial charge on any atom is -0.486 e. The van der Waals surface area contributed by atoms with E-state index in [2.05, 4.69) is 20.1 Å². The molecule has 3 N–H and O–H groups in total. The van der Waals surface area contributed by atoms with E-state index >= 15 is 0 Å². The fourth-order valence-corrected chi connectivity index (χ4v) is 5.13. The third-order valence-corrected chi connectivity index (χ3v) is 6.90. The molecule has 0 radical (unpaired) electrons. The summed E-state index contributed by atoms with van der Waals surface area (Å²) in [6.45, 7) is 3.81. The minimum atomic E-state index is -0.420. The number of aromatic nitrogens is 3. The maximum absolute atomic E-state index is 8.50. The van der Waals surface area contributed by atoms with E-state index in [1.54, 1.807) is 30.4 Å². The smallest absolute Gasteiger partial charge is 0.151 e. The topological polar surface area (TPSA) is 101 Å². The molecule has 7 nitrogen and oxygen atoms in total. The predicted molar refractivity (Wildman–Crippen MR) is 142 cm³/mol. The van der Waals surface area contributed by atoms with Crippen LogP contribution in [0, 0.1) is 5.41 Å². The highest BCUT2D eigenvalue weighted by Crippen LogP contribution is 2.33. The molecule has 3 aromatic rings. The van der Waals surface area contributed by atoms with Crippen molar-refractivity contribution in [1.29, 1.82) is 5.41 Å². The Labute approximate surface area is 212 Å². The summed E-state index contributed by atoms with van der Waals surface area (Å²) in [4.78, 5) is 6.21. The largest absolute Gasteiger partial charge is 0.486 e. The van der Waals surface area contributed by atoms with Crippen LogP contribution in [0.2, 0.25) is 10.0 Å². The van der Waals surface area contributed by atoms with Crippen LogP contribution < -0.4 is 15.4 Å². The summed E-state index contributed by atoms with van der Waals surface area (Å²) >= 11 is 14.4. The zero-order chi connectivity index (χ0) is 24.1. The van der Waals surface area contributed by atoms with Crippen LogP contribution in [-0.2, 0) is 0 Å². The Bertz CT molecular complexity index is 1180. The molecule has 0 spiro atoms. The number of nitrogen functional groups attached to an aromatic ring is 1. The Morgan fingerprint density at radius 3 is 2.56 bits per heavy atom. The number of hydrogen-bond donors (Lipinski definition) is 2. The van der Waals surface area contributed by atoms with E-state index in [1.807, 2.05) is 30.8 Å². The van der Waals surface area contributed by atoms with Crippen LogP contribution in [-0.4, -0.2) is 45.5 Å². The summed E-state index contributed by atoms with van der Waals surface area (Å²) in [7, 11) is 0. The van der Waals surface area contributed by atoms with Gasteiger partial charge in [0.1, 0.15) is 11.9 Å². The molecule has 2 aromatic heterocycles. The van der Waals surface area contributed by atoms with Crippen molar-refractivity contribution in [3.05, 3.63) is 75.7 Å². The van der Waals surface area contributed by atoms with Gasteiger partial charge in [-0.2, -0.15) is 11.8 Å². The van der Waals surface area contributed by atoms with Gasteiger partial charge in [-0.15, -0.1) is 10.2 Å². The Morgan fingerprint density at radius 1 is 1.15 bits per heavy atom. The van der Waals surface area contributed by atoms with Gasteiger partial charge in [0.15, 0.2) is 5.82 Å². The van der Waals surface area contributed by atoms with Crippen LogP contribution in [0.15, 0.2) is 48.8 Å². The molecule has 3 heterocycles. The van der Waals surface area contributed by atoms with E-state index in [1.165, 1.54) is 12.4 Å². The monoisotopic (exact) mass is 514 g/mol. The third-order valence-electron chi connectivity index (χ3n) is 5.35. The van der Waals surface area contributed by atoms with Gasteiger partial charge in [-0.1, -0.05) is 23.2 Å². The Kier molecular flexibility index (Phi) is 7.92. The van der Waals surface area contributed by atoms with Crippen molar-refractivity contribution < 1.29 is 4.74 Å². The average molecular weight is 515 g/mol. The average Bonchev–Trinajstić information content (AvgIpc) is 2.84. The van der Waals surface area contributed by atoms with E-state index in [0.717, 1.165) is 30.4 Å². The van der Waals surface area contributed by atoms with Gasteiger partial charge in [0, 0.05) is 53.8 Å². The number of halogens is 2. The molecular weight excluding hydrogens is 491 g/mol. The molecule has 0 saturated carbocycles. The lowest BCUT2D eigenvalue weighted by Crippen LogP contribution is -2.33. The summed E-state index contributed by atoms with van der Waals surface area (Å²) in [6, 6.07) is 9.05. The van der Waals surface area contributed by atoms with E-state index in [9.17, 15) is 0 Å². The molecule has 1 saturated heterocycles.